The van der Waals surface area contributed by atoms with Crippen LogP contribution >= 0.6 is 34.5 Å². The lowest BCUT2D eigenvalue weighted by Gasteiger charge is -2.29. The molecule has 34 heavy (non-hydrogen) atoms. The standard InChI is InChI=1S/C23H21Cl2N3O4S2/c1-3-12-28-20-18(24)8-9-19(25)21(20)33-23(28)26-22(29)15-10-13-27(14-11-15)34(30,31)17-6-4-16(32-2)5-7-17/h1,4-9,15H,10-14H2,2H3. The molecule has 1 fully saturated rings. The van der Waals surface area contributed by atoms with Gasteiger partial charge in [0.1, 0.15) is 5.75 Å². The summed E-state index contributed by atoms with van der Waals surface area (Å²) in [5, 5.41) is 0.970. The molecule has 0 unspecified atom stereocenters. The van der Waals surface area contributed by atoms with Gasteiger partial charge in [-0.15, -0.1) is 6.42 Å². The summed E-state index contributed by atoms with van der Waals surface area (Å²) in [6, 6.07) is 9.61. The summed E-state index contributed by atoms with van der Waals surface area (Å²) in [7, 11) is -2.13. The van der Waals surface area contributed by atoms with Gasteiger partial charge < -0.3 is 9.30 Å². The van der Waals surface area contributed by atoms with Gasteiger partial charge in [0.25, 0.3) is 5.91 Å². The van der Waals surface area contributed by atoms with Crippen molar-refractivity contribution in [3.8, 4) is 18.1 Å². The molecule has 0 atom stereocenters. The molecule has 2 heterocycles. The summed E-state index contributed by atoms with van der Waals surface area (Å²) in [5.74, 6) is 2.44. The number of methoxy groups -OCH3 is 1. The van der Waals surface area contributed by atoms with E-state index in [1.807, 2.05) is 0 Å². The Bertz CT molecular complexity index is 1450. The minimum absolute atomic E-state index is 0.185. The molecule has 4 rings (SSSR count). The summed E-state index contributed by atoms with van der Waals surface area (Å²) in [6.45, 7) is 0.647. The molecule has 2 aromatic carbocycles. The van der Waals surface area contributed by atoms with E-state index in [1.54, 1.807) is 28.8 Å². The zero-order valence-corrected chi connectivity index (χ0v) is 21.3. The Morgan fingerprint density at radius 2 is 1.82 bits per heavy atom. The van der Waals surface area contributed by atoms with Gasteiger partial charge in [0, 0.05) is 19.0 Å². The van der Waals surface area contributed by atoms with E-state index in [0.29, 0.717) is 43.7 Å². The molecule has 0 aliphatic carbocycles. The highest BCUT2D eigenvalue weighted by Gasteiger charge is 2.32. The minimum Gasteiger partial charge on any atom is -0.497 e. The third-order valence-corrected chi connectivity index (χ3v) is 9.44. The van der Waals surface area contributed by atoms with E-state index in [9.17, 15) is 13.2 Å². The SMILES string of the molecule is C#CCn1c(=NC(=O)C2CCN(S(=O)(=O)c3ccc(OC)cc3)CC2)sc2c(Cl)ccc(Cl)c21. The van der Waals surface area contributed by atoms with Crippen LogP contribution < -0.4 is 9.54 Å². The van der Waals surface area contributed by atoms with Crippen LogP contribution in [0.4, 0.5) is 0 Å². The number of hydrogen-bond donors (Lipinski definition) is 0. The van der Waals surface area contributed by atoms with Crippen LogP contribution in [0.3, 0.4) is 0 Å². The monoisotopic (exact) mass is 537 g/mol. The van der Waals surface area contributed by atoms with Crippen LogP contribution in [0, 0.1) is 18.3 Å². The van der Waals surface area contributed by atoms with E-state index < -0.39 is 15.9 Å². The van der Waals surface area contributed by atoms with Gasteiger partial charge in [0.2, 0.25) is 10.0 Å². The number of amides is 1. The number of carbonyl (C=O) groups excluding carboxylic acids is 1. The van der Waals surface area contributed by atoms with Crippen molar-refractivity contribution < 1.29 is 17.9 Å². The number of aromatic nitrogens is 1. The van der Waals surface area contributed by atoms with Gasteiger partial charge in [-0.2, -0.15) is 9.30 Å². The van der Waals surface area contributed by atoms with Crippen LogP contribution in [-0.4, -0.2) is 43.4 Å². The zero-order chi connectivity index (χ0) is 24.5. The van der Waals surface area contributed by atoms with E-state index in [-0.39, 0.29) is 30.4 Å². The molecule has 0 saturated carbocycles. The van der Waals surface area contributed by atoms with E-state index in [2.05, 4.69) is 10.9 Å². The number of thiazole rings is 1. The predicted molar refractivity (Wildman–Crippen MR) is 134 cm³/mol. The van der Waals surface area contributed by atoms with Crippen molar-refractivity contribution in [3.63, 3.8) is 0 Å². The second-order valence-electron chi connectivity index (χ2n) is 7.69. The Morgan fingerprint density at radius 3 is 2.44 bits per heavy atom. The normalized spacial score (nSPS) is 16.0. The Morgan fingerprint density at radius 1 is 1.18 bits per heavy atom. The lowest BCUT2D eigenvalue weighted by atomic mass is 9.98. The first-order valence-corrected chi connectivity index (χ1v) is 13.4. The molecular weight excluding hydrogens is 517 g/mol. The first kappa shape index (κ1) is 24.8. The van der Waals surface area contributed by atoms with Crippen molar-refractivity contribution in [1.29, 1.82) is 0 Å². The average molecular weight is 538 g/mol. The van der Waals surface area contributed by atoms with Crippen molar-refractivity contribution in [2.75, 3.05) is 20.2 Å². The number of nitrogens with zero attached hydrogens (tertiary/aromatic N) is 3. The molecule has 1 aliphatic heterocycles. The van der Waals surface area contributed by atoms with Crippen LogP contribution in [0.15, 0.2) is 46.3 Å². The van der Waals surface area contributed by atoms with Crippen molar-refractivity contribution in [1.82, 2.24) is 8.87 Å². The Kier molecular flexibility index (Phi) is 7.36. The van der Waals surface area contributed by atoms with Crippen LogP contribution in [0.1, 0.15) is 12.8 Å². The van der Waals surface area contributed by atoms with Gasteiger partial charge in [-0.05, 0) is 49.2 Å². The first-order chi connectivity index (χ1) is 16.3. The zero-order valence-electron chi connectivity index (χ0n) is 18.2. The largest absolute Gasteiger partial charge is 0.497 e. The molecule has 1 aromatic heterocycles. The van der Waals surface area contributed by atoms with Gasteiger partial charge in [0.05, 0.1) is 38.8 Å². The number of sulfonamides is 1. The summed E-state index contributed by atoms with van der Waals surface area (Å²) >= 11 is 13.9. The maximum atomic E-state index is 13.0. The molecule has 0 N–H and O–H groups in total. The summed E-state index contributed by atoms with van der Waals surface area (Å²) in [6.07, 6.45) is 6.27. The topological polar surface area (TPSA) is 81.0 Å². The van der Waals surface area contributed by atoms with Gasteiger partial charge in [-0.25, -0.2) is 8.42 Å². The fourth-order valence-corrected chi connectivity index (χ4v) is 6.98. The smallest absolute Gasteiger partial charge is 0.251 e. The molecule has 1 saturated heterocycles. The molecule has 0 spiro atoms. The molecule has 11 heteroatoms. The van der Waals surface area contributed by atoms with Crippen LogP contribution in [0.5, 0.6) is 5.75 Å². The number of benzene rings is 2. The van der Waals surface area contributed by atoms with Gasteiger partial charge in [-0.3, -0.25) is 4.79 Å². The van der Waals surface area contributed by atoms with E-state index in [0.717, 1.165) is 0 Å². The van der Waals surface area contributed by atoms with Crippen molar-refractivity contribution in [2.24, 2.45) is 10.9 Å². The van der Waals surface area contributed by atoms with Crippen molar-refractivity contribution in [3.05, 3.63) is 51.2 Å². The quantitative estimate of drug-likeness (QED) is 0.457. The van der Waals surface area contributed by atoms with E-state index >= 15 is 0 Å². The predicted octanol–water partition coefficient (Wildman–Crippen LogP) is 4.18. The summed E-state index contributed by atoms with van der Waals surface area (Å²) < 4.78 is 34.8. The maximum Gasteiger partial charge on any atom is 0.251 e. The Balaban J connectivity index is 1.55. The number of halogens is 2. The molecule has 0 bridgehead atoms. The van der Waals surface area contributed by atoms with Crippen LogP contribution in [0.25, 0.3) is 10.2 Å². The second kappa shape index (κ2) is 10.1. The highest BCUT2D eigenvalue weighted by atomic mass is 35.5. The molecule has 1 amide bonds. The third-order valence-electron chi connectivity index (χ3n) is 5.68. The fraction of sp³-hybridized carbons (Fsp3) is 0.304. The molecule has 0 radical (unpaired) electrons. The van der Waals surface area contributed by atoms with E-state index in [4.69, 9.17) is 34.4 Å². The number of ether oxygens (including phenoxy) is 1. The lowest BCUT2D eigenvalue weighted by molar-refractivity contribution is -0.122. The Hall–Kier alpha value is -2.35. The molecule has 7 nitrogen and oxygen atoms in total. The fourth-order valence-electron chi connectivity index (χ4n) is 3.86. The minimum atomic E-state index is -3.65. The van der Waals surface area contributed by atoms with Gasteiger partial charge in [-0.1, -0.05) is 40.5 Å². The number of fused-ring (bicyclic) bond motifs is 1. The maximum absolute atomic E-state index is 13.0. The highest BCUT2D eigenvalue weighted by Crippen LogP contribution is 2.32. The summed E-state index contributed by atoms with van der Waals surface area (Å²) in [5.41, 5.74) is 0.643. The first-order valence-electron chi connectivity index (χ1n) is 10.4. The number of terminal acetylenes is 1. The second-order valence-corrected chi connectivity index (χ2v) is 11.4. The molecule has 178 valence electrons. The number of hydrogen-bond acceptors (Lipinski definition) is 5. The number of carbonyl (C=O) groups is 1. The summed E-state index contributed by atoms with van der Waals surface area (Å²) in [4.78, 5) is 17.9. The van der Waals surface area contributed by atoms with Gasteiger partial charge >= 0.3 is 0 Å². The average Bonchev–Trinajstić information content (AvgIpc) is 3.21. The Labute approximate surface area is 211 Å². The highest BCUT2D eigenvalue weighted by molar-refractivity contribution is 7.89. The number of rotatable bonds is 5. The van der Waals surface area contributed by atoms with Crippen LogP contribution in [-0.2, 0) is 21.4 Å². The van der Waals surface area contributed by atoms with E-state index in [1.165, 1.54) is 34.9 Å². The third kappa shape index (κ3) is 4.74. The van der Waals surface area contributed by atoms with Crippen molar-refractivity contribution >= 4 is 60.7 Å². The molecule has 1 aliphatic rings. The number of piperidine rings is 1. The molecular formula is C23H21Cl2N3O4S2. The lowest BCUT2D eigenvalue weighted by Crippen LogP contribution is -2.40. The van der Waals surface area contributed by atoms with Gasteiger partial charge in [0.15, 0.2) is 4.80 Å². The molecule has 3 aromatic rings. The van der Waals surface area contributed by atoms with Crippen LogP contribution in [0.2, 0.25) is 10.0 Å². The van der Waals surface area contributed by atoms with Crippen molar-refractivity contribution in [2.45, 2.75) is 24.3 Å².